The lowest BCUT2D eigenvalue weighted by Crippen LogP contribution is -2.61. The van der Waals surface area contributed by atoms with E-state index < -0.39 is 0 Å². The molecule has 0 spiro atoms. The third-order valence-corrected chi connectivity index (χ3v) is 13.8. The number of benzene rings is 8. The van der Waals surface area contributed by atoms with Crippen LogP contribution < -0.4 is 31.1 Å². The van der Waals surface area contributed by atoms with Crippen LogP contribution in [-0.4, -0.2) is 6.71 Å². The van der Waals surface area contributed by atoms with Crippen molar-refractivity contribution in [3.05, 3.63) is 204 Å². The van der Waals surface area contributed by atoms with Crippen LogP contribution in [0.4, 0.5) is 51.2 Å². The van der Waals surface area contributed by atoms with Crippen LogP contribution in [0.5, 0.6) is 0 Å². The van der Waals surface area contributed by atoms with Gasteiger partial charge in [-0.2, -0.15) is 0 Å². The van der Waals surface area contributed by atoms with Gasteiger partial charge >= 0.3 is 0 Å². The molecule has 0 bridgehead atoms. The molecule has 2 heterocycles. The molecule has 3 nitrogen and oxygen atoms in total. The van der Waals surface area contributed by atoms with Crippen LogP contribution in [-0.2, 0) is 16.2 Å². The molecular weight excluding hydrogens is 798 g/mol. The molecule has 2 aliphatic rings. The van der Waals surface area contributed by atoms with Crippen LogP contribution >= 0.6 is 0 Å². The molecule has 0 aromatic heterocycles. The molecule has 0 N–H and O–H groups in total. The van der Waals surface area contributed by atoms with Crippen LogP contribution in [0.3, 0.4) is 0 Å². The lowest BCUT2D eigenvalue weighted by atomic mass is 9.33. The third-order valence-electron chi connectivity index (χ3n) is 13.8. The summed E-state index contributed by atoms with van der Waals surface area (Å²) in [4.78, 5) is 7.60. The number of para-hydroxylation sites is 1. The van der Waals surface area contributed by atoms with Crippen molar-refractivity contribution < 1.29 is 0 Å². The lowest BCUT2D eigenvalue weighted by molar-refractivity contribution is 0.590. The van der Waals surface area contributed by atoms with Gasteiger partial charge in [0.05, 0.1) is 11.4 Å². The van der Waals surface area contributed by atoms with Gasteiger partial charge in [0.2, 0.25) is 0 Å². The standard InChI is InChI=1S/C62H62BN3/c1-41-21-29-49(30-22-41)65-55-35-23-42(2)37-52(55)63-53-38-46(62(9,10)11)28-36-56(53)66(54-20-16-15-19-51(54)43-17-13-12-14-18-43)58-40-50(39-57(65)59(58)63)64(47-31-24-44(25-32-47)60(3,4)5)48-33-26-45(27-34-48)61(6,7)8/h12-40H,1-11H3. The minimum absolute atomic E-state index is 0.0105. The summed E-state index contributed by atoms with van der Waals surface area (Å²) in [5.41, 5.74) is 23.2. The monoisotopic (exact) mass is 860 g/mol. The summed E-state index contributed by atoms with van der Waals surface area (Å²) >= 11 is 0. The molecule has 8 aromatic rings. The quantitative estimate of drug-likeness (QED) is 0.154. The minimum Gasteiger partial charge on any atom is -0.311 e. The molecule has 0 radical (unpaired) electrons. The van der Waals surface area contributed by atoms with E-state index in [0.29, 0.717) is 0 Å². The molecule has 10 rings (SSSR count). The van der Waals surface area contributed by atoms with Crippen molar-refractivity contribution in [2.24, 2.45) is 0 Å². The molecule has 0 saturated heterocycles. The van der Waals surface area contributed by atoms with Crippen LogP contribution in [0, 0.1) is 13.8 Å². The number of hydrogen-bond acceptors (Lipinski definition) is 3. The van der Waals surface area contributed by atoms with Gasteiger partial charge in [-0.3, -0.25) is 0 Å². The highest BCUT2D eigenvalue weighted by atomic mass is 15.2. The van der Waals surface area contributed by atoms with Crippen molar-refractivity contribution in [1.82, 2.24) is 0 Å². The van der Waals surface area contributed by atoms with Crippen molar-refractivity contribution in [2.75, 3.05) is 14.7 Å². The summed E-state index contributed by atoms with van der Waals surface area (Å²) in [5, 5.41) is 0. The van der Waals surface area contributed by atoms with Gasteiger partial charge in [0, 0.05) is 45.4 Å². The third kappa shape index (κ3) is 7.61. The van der Waals surface area contributed by atoms with Gasteiger partial charge in [0.25, 0.3) is 6.71 Å². The smallest absolute Gasteiger partial charge is 0.252 e. The van der Waals surface area contributed by atoms with Gasteiger partial charge in [-0.05, 0) is 135 Å². The van der Waals surface area contributed by atoms with E-state index in [9.17, 15) is 0 Å². The van der Waals surface area contributed by atoms with E-state index in [1.165, 1.54) is 78.1 Å². The molecule has 0 atom stereocenters. The van der Waals surface area contributed by atoms with Gasteiger partial charge in [0.1, 0.15) is 0 Å². The van der Waals surface area contributed by atoms with Gasteiger partial charge in [-0.15, -0.1) is 0 Å². The van der Waals surface area contributed by atoms with Gasteiger partial charge in [-0.25, -0.2) is 0 Å². The van der Waals surface area contributed by atoms with Crippen molar-refractivity contribution in [2.45, 2.75) is 92.4 Å². The number of aryl methyl sites for hydroxylation is 2. The predicted octanol–water partition coefficient (Wildman–Crippen LogP) is 15.4. The molecule has 4 heteroatoms. The highest BCUT2D eigenvalue weighted by Crippen LogP contribution is 2.50. The average Bonchev–Trinajstić information content (AvgIpc) is 3.29. The SMILES string of the molecule is Cc1ccc(N2c3ccc(C)cc3B3c4cc(C(C)(C)C)ccc4N(c4ccccc4-c4ccccc4)c4cc(N(c5ccc(C(C)(C)C)cc5)c5ccc(C(C)(C)C)cc5)cc2c43)cc1. The van der Waals surface area contributed by atoms with Crippen molar-refractivity contribution in [3.63, 3.8) is 0 Å². The minimum atomic E-state index is -0.0433. The van der Waals surface area contributed by atoms with Crippen molar-refractivity contribution in [3.8, 4) is 11.1 Å². The van der Waals surface area contributed by atoms with E-state index in [1.54, 1.807) is 0 Å². The van der Waals surface area contributed by atoms with Crippen molar-refractivity contribution in [1.29, 1.82) is 0 Å². The fourth-order valence-electron chi connectivity index (χ4n) is 10.1. The van der Waals surface area contributed by atoms with Crippen molar-refractivity contribution >= 4 is 74.3 Å². The molecule has 0 unspecified atom stereocenters. The Balaban J connectivity index is 1.34. The first-order valence-corrected chi connectivity index (χ1v) is 23.7. The molecule has 328 valence electrons. The second kappa shape index (κ2) is 16.0. The zero-order valence-corrected chi connectivity index (χ0v) is 40.7. The Bertz CT molecular complexity index is 3030. The second-order valence-corrected chi connectivity index (χ2v) is 21.7. The molecule has 0 aliphatic carbocycles. The molecule has 0 saturated carbocycles. The number of fused-ring (bicyclic) bond motifs is 4. The summed E-state index contributed by atoms with van der Waals surface area (Å²) < 4.78 is 0. The summed E-state index contributed by atoms with van der Waals surface area (Å²) in [5.74, 6) is 0. The highest BCUT2D eigenvalue weighted by molar-refractivity contribution is 7.00. The topological polar surface area (TPSA) is 9.72 Å². The Morgan fingerprint density at radius 3 is 1.45 bits per heavy atom. The Morgan fingerprint density at radius 1 is 0.379 bits per heavy atom. The van der Waals surface area contributed by atoms with E-state index in [4.69, 9.17) is 0 Å². The first-order chi connectivity index (χ1) is 31.5. The summed E-state index contributed by atoms with van der Waals surface area (Å²) in [6.07, 6.45) is 0. The predicted molar refractivity (Wildman–Crippen MR) is 286 cm³/mol. The first kappa shape index (κ1) is 43.1. The van der Waals surface area contributed by atoms with E-state index >= 15 is 0 Å². The summed E-state index contributed by atoms with van der Waals surface area (Å²) in [7, 11) is 0. The Kier molecular flexibility index (Phi) is 10.4. The molecule has 66 heavy (non-hydrogen) atoms. The van der Waals surface area contributed by atoms with Gasteiger partial charge in [0.15, 0.2) is 0 Å². The Labute approximate surface area is 394 Å². The van der Waals surface area contributed by atoms with E-state index in [0.717, 1.165) is 28.4 Å². The second-order valence-electron chi connectivity index (χ2n) is 21.7. The van der Waals surface area contributed by atoms with Gasteiger partial charge < -0.3 is 14.7 Å². The molecule has 0 amide bonds. The summed E-state index contributed by atoms with van der Waals surface area (Å²) in [6, 6.07) is 66.8. The average molecular weight is 860 g/mol. The maximum absolute atomic E-state index is 2.58. The number of rotatable bonds is 6. The number of anilines is 9. The highest BCUT2D eigenvalue weighted by Gasteiger charge is 2.45. The van der Waals surface area contributed by atoms with E-state index in [2.05, 4.69) is 267 Å². The first-order valence-electron chi connectivity index (χ1n) is 23.7. The van der Waals surface area contributed by atoms with Crippen LogP contribution in [0.1, 0.15) is 90.1 Å². The molecule has 8 aromatic carbocycles. The maximum atomic E-state index is 2.58. The Hall–Kier alpha value is -6.78. The maximum Gasteiger partial charge on any atom is 0.252 e. The zero-order valence-electron chi connectivity index (χ0n) is 40.7. The fourth-order valence-corrected chi connectivity index (χ4v) is 10.1. The molecule has 2 aliphatic heterocycles. The lowest BCUT2D eigenvalue weighted by Gasteiger charge is -2.45. The van der Waals surface area contributed by atoms with Crippen LogP contribution in [0.25, 0.3) is 11.1 Å². The summed E-state index contributed by atoms with van der Waals surface area (Å²) in [6.45, 7) is 25.1. The van der Waals surface area contributed by atoms with Crippen LogP contribution in [0.15, 0.2) is 176 Å². The fraction of sp³-hybridized carbons (Fsp3) is 0.226. The molecule has 0 fully saturated rings. The number of hydrogen-bond donors (Lipinski definition) is 0. The number of nitrogens with zero attached hydrogens (tertiary/aromatic N) is 3. The van der Waals surface area contributed by atoms with E-state index in [-0.39, 0.29) is 23.0 Å². The van der Waals surface area contributed by atoms with E-state index in [1.807, 2.05) is 0 Å². The van der Waals surface area contributed by atoms with Crippen LogP contribution in [0.2, 0.25) is 0 Å². The van der Waals surface area contributed by atoms with Gasteiger partial charge in [-0.1, -0.05) is 183 Å². The normalized spacial score (nSPS) is 13.3. The Morgan fingerprint density at radius 2 is 0.864 bits per heavy atom. The largest absolute Gasteiger partial charge is 0.311 e. The zero-order chi connectivity index (χ0) is 46.3. The molecular formula is C62H62BN3.